The van der Waals surface area contributed by atoms with Crippen molar-refractivity contribution in [3.05, 3.63) is 18.2 Å². The van der Waals surface area contributed by atoms with Crippen molar-refractivity contribution in [2.24, 2.45) is 0 Å². The van der Waals surface area contributed by atoms with E-state index in [-0.39, 0.29) is 17.6 Å². The second-order valence-corrected chi connectivity index (χ2v) is 2.24. The Morgan fingerprint density at radius 3 is 2.20 bits per heavy atom. The molecule has 1 rings (SSSR count). The van der Waals surface area contributed by atoms with Gasteiger partial charge in [0.05, 0.1) is 0 Å². The van der Waals surface area contributed by atoms with Crippen molar-refractivity contribution in [2.75, 3.05) is 0 Å². The first kappa shape index (κ1) is 9.13. The fraction of sp³-hybridized carbons (Fsp3) is 0. The van der Waals surface area contributed by atoms with Crippen LogP contribution in [0.25, 0.3) is 0 Å². The highest BCUT2D eigenvalue weighted by atomic mass is 32.1. The van der Waals surface area contributed by atoms with Gasteiger partial charge in [0.15, 0.2) is 10.6 Å². The summed E-state index contributed by atoms with van der Waals surface area (Å²) >= 11 is 3.12. The van der Waals surface area contributed by atoms with Crippen LogP contribution in [0.4, 0.5) is 0 Å². The first-order chi connectivity index (χ1) is 4.20. The first-order valence-corrected chi connectivity index (χ1v) is 2.94. The standard InChI is InChI=1S/C6H6O2S.H3N/c7-4-1-2-6(9)5(8)3-4;/h1-3,7-9H;1H3/p+2. The van der Waals surface area contributed by atoms with Crippen LogP contribution in [-0.2, 0) is 12.6 Å². The van der Waals surface area contributed by atoms with E-state index in [1.54, 1.807) is 6.07 Å². The lowest BCUT2D eigenvalue weighted by Gasteiger charge is -1.91. The van der Waals surface area contributed by atoms with Gasteiger partial charge in [-0.15, -0.1) is 0 Å². The lowest BCUT2D eigenvalue weighted by molar-refractivity contribution is 0.442. The van der Waals surface area contributed by atoms with Gasteiger partial charge in [0, 0.05) is 12.1 Å². The first-order valence-electron chi connectivity index (χ1n) is 2.44. The number of benzene rings is 1. The fourth-order valence-electron chi connectivity index (χ4n) is 0.520. The van der Waals surface area contributed by atoms with E-state index in [0.29, 0.717) is 4.90 Å². The maximum Gasteiger partial charge on any atom is 0.192 e. The summed E-state index contributed by atoms with van der Waals surface area (Å²) in [5.74, 6) is 0.112. The molecule has 0 saturated carbocycles. The predicted octanol–water partition coefficient (Wildman–Crippen LogP) is 0.844. The largest absolute Gasteiger partial charge is 0.508 e. The molecule has 10 heavy (non-hydrogen) atoms. The van der Waals surface area contributed by atoms with Crippen molar-refractivity contribution in [3.8, 4) is 11.5 Å². The van der Waals surface area contributed by atoms with Gasteiger partial charge in [-0.3, -0.25) is 0 Å². The average molecular weight is 161 g/mol. The highest BCUT2D eigenvalue weighted by Crippen LogP contribution is 2.21. The van der Waals surface area contributed by atoms with Gasteiger partial charge >= 0.3 is 0 Å². The Bertz CT molecular complexity index is 227. The minimum absolute atomic E-state index is 0. The van der Waals surface area contributed by atoms with Crippen molar-refractivity contribution in [3.63, 3.8) is 0 Å². The van der Waals surface area contributed by atoms with E-state index >= 15 is 0 Å². The van der Waals surface area contributed by atoms with E-state index in [1.807, 2.05) is 0 Å². The normalized spacial score (nSPS) is 8.50. The second-order valence-electron chi connectivity index (χ2n) is 1.70. The summed E-state index contributed by atoms with van der Waals surface area (Å²) < 4.78 is 0. The zero-order valence-corrected chi connectivity index (χ0v) is 6.63. The van der Waals surface area contributed by atoms with E-state index in [9.17, 15) is 0 Å². The van der Waals surface area contributed by atoms with E-state index in [2.05, 4.69) is 12.6 Å². The maximum absolute atomic E-state index is 8.89. The Labute approximate surface area is 64.3 Å². The van der Waals surface area contributed by atoms with Gasteiger partial charge in [0.2, 0.25) is 0 Å². The lowest BCUT2D eigenvalue weighted by Crippen LogP contribution is -1.70. The molecular weight excluding hydrogens is 150 g/mol. The van der Waals surface area contributed by atoms with Crippen LogP contribution in [0, 0.1) is 0 Å². The third kappa shape index (κ3) is 1.82. The van der Waals surface area contributed by atoms with Gasteiger partial charge < -0.3 is 16.4 Å². The van der Waals surface area contributed by atoms with Crippen LogP contribution in [0.2, 0.25) is 0 Å². The molecule has 0 aromatic heterocycles. The molecule has 56 valence electrons. The van der Waals surface area contributed by atoms with Crippen molar-refractivity contribution >= 4 is 12.6 Å². The molecule has 1 aromatic carbocycles. The predicted molar refractivity (Wildman–Crippen MR) is 44.2 cm³/mol. The molecule has 0 aliphatic heterocycles. The summed E-state index contributed by atoms with van der Waals surface area (Å²) in [4.78, 5) is 0.577. The summed E-state index contributed by atoms with van der Waals surface area (Å²) in [6.07, 6.45) is 0. The van der Waals surface area contributed by atoms with Gasteiger partial charge in [0.1, 0.15) is 5.75 Å². The van der Waals surface area contributed by atoms with Crippen LogP contribution < -0.4 is 6.15 Å². The minimum atomic E-state index is 0. The van der Waals surface area contributed by atoms with E-state index in [0.717, 1.165) is 0 Å². The molecule has 3 nitrogen and oxygen atoms in total. The van der Waals surface area contributed by atoms with Crippen LogP contribution in [0.5, 0.6) is 11.5 Å². The molecule has 0 radical (unpaired) electrons. The molecule has 0 fully saturated rings. The molecule has 0 saturated heterocycles. The summed E-state index contributed by atoms with van der Waals surface area (Å²) in [7, 11) is 0. The molecule has 1 aromatic rings. The zero-order chi connectivity index (χ0) is 6.85. The van der Waals surface area contributed by atoms with Crippen molar-refractivity contribution in [1.29, 1.82) is 0 Å². The van der Waals surface area contributed by atoms with Gasteiger partial charge in [-0.25, -0.2) is 0 Å². The fourth-order valence-corrected chi connectivity index (χ4v) is 0.676. The number of hydrogen-bond acceptors (Lipinski definition) is 2. The number of hydrogen-bond donors (Lipinski definition) is 3. The summed E-state index contributed by atoms with van der Waals surface area (Å²) in [6.45, 7) is 0. The van der Waals surface area contributed by atoms with Crippen molar-refractivity contribution in [1.82, 2.24) is 6.15 Å². The number of aromatic hydroxyl groups is 2. The van der Waals surface area contributed by atoms with Gasteiger partial charge in [-0.1, -0.05) is 0 Å². The molecule has 0 heterocycles. The van der Waals surface area contributed by atoms with Crippen LogP contribution in [0.3, 0.4) is 0 Å². The highest BCUT2D eigenvalue weighted by molar-refractivity contribution is 7.58. The molecule has 4 heteroatoms. The van der Waals surface area contributed by atoms with Gasteiger partial charge in [0.25, 0.3) is 0 Å². The SMILES string of the molecule is Oc1ccc([SH2+])c(O)c1.[NH4+]. The summed E-state index contributed by atoms with van der Waals surface area (Å²) in [5.41, 5.74) is 0. The number of phenols is 2. The Kier molecular flexibility index (Phi) is 3.05. The molecule has 0 atom stereocenters. The summed E-state index contributed by atoms with van der Waals surface area (Å²) in [5, 5.41) is 17.6. The van der Waals surface area contributed by atoms with Crippen LogP contribution in [0.1, 0.15) is 0 Å². The summed E-state index contributed by atoms with van der Waals surface area (Å²) in [6, 6.07) is 4.33. The Hall–Kier alpha value is -0.870. The molecule has 0 amide bonds. The lowest BCUT2D eigenvalue weighted by atomic mass is 10.3. The molecule has 0 aliphatic rings. The number of quaternary nitrogens is 1. The monoisotopic (exact) mass is 161 g/mol. The average Bonchev–Trinajstić information content (AvgIpc) is 1.80. The van der Waals surface area contributed by atoms with Gasteiger partial charge in [-0.2, -0.15) is 0 Å². The smallest absolute Gasteiger partial charge is 0.192 e. The quantitative estimate of drug-likeness (QED) is 0.493. The highest BCUT2D eigenvalue weighted by Gasteiger charge is 2.00. The number of phenolic OH excluding ortho intramolecular Hbond substituents is 2. The van der Waals surface area contributed by atoms with Crippen molar-refractivity contribution in [2.45, 2.75) is 4.90 Å². The minimum Gasteiger partial charge on any atom is -0.508 e. The van der Waals surface area contributed by atoms with Crippen molar-refractivity contribution < 1.29 is 10.2 Å². The Morgan fingerprint density at radius 1 is 1.20 bits per heavy atom. The molecular formula is C6H11NO2S+2. The third-order valence-corrected chi connectivity index (χ3v) is 1.40. The Balaban J connectivity index is 0.000000810. The molecule has 0 aliphatic carbocycles. The molecule has 0 unspecified atom stereocenters. The van der Waals surface area contributed by atoms with E-state index < -0.39 is 0 Å². The molecule has 6 N–H and O–H groups in total. The second kappa shape index (κ2) is 3.34. The van der Waals surface area contributed by atoms with Crippen LogP contribution in [-0.4, -0.2) is 10.2 Å². The Morgan fingerprint density at radius 2 is 1.80 bits per heavy atom. The zero-order valence-electron chi connectivity index (χ0n) is 5.63. The third-order valence-electron chi connectivity index (χ3n) is 0.981. The topological polar surface area (TPSA) is 77.0 Å². The molecule has 0 spiro atoms. The maximum atomic E-state index is 8.89. The van der Waals surface area contributed by atoms with E-state index in [4.69, 9.17) is 10.2 Å². The van der Waals surface area contributed by atoms with Crippen LogP contribution in [0.15, 0.2) is 23.1 Å². The van der Waals surface area contributed by atoms with E-state index in [1.165, 1.54) is 12.1 Å². The van der Waals surface area contributed by atoms with Crippen LogP contribution >= 0.6 is 0 Å². The van der Waals surface area contributed by atoms with Gasteiger partial charge in [-0.05, 0) is 18.7 Å². The molecule has 0 bridgehead atoms. The number of rotatable bonds is 0.